The maximum absolute atomic E-state index is 12.5. The van der Waals surface area contributed by atoms with Crippen LogP contribution in [0, 0.1) is 0 Å². The molecule has 0 saturated carbocycles. The van der Waals surface area contributed by atoms with E-state index in [0.29, 0.717) is 6.54 Å². The molecule has 6 nitrogen and oxygen atoms in total. The average Bonchev–Trinajstić information content (AvgIpc) is 3.09. The van der Waals surface area contributed by atoms with E-state index in [1.807, 2.05) is 32.3 Å². The third-order valence-electron chi connectivity index (χ3n) is 3.89. The summed E-state index contributed by atoms with van der Waals surface area (Å²) in [5, 5.41) is 12.9. The molecule has 1 N–H and O–H groups in total. The first-order valence-corrected chi connectivity index (χ1v) is 9.19. The summed E-state index contributed by atoms with van der Waals surface area (Å²) in [6.07, 6.45) is 7.53. The summed E-state index contributed by atoms with van der Waals surface area (Å²) >= 11 is 1.54. The number of aromatic nitrogens is 3. The fourth-order valence-corrected chi connectivity index (χ4v) is 3.20. The van der Waals surface area contributed by atoms with Gasteiger partial charge in [-0.05, 0) is 24.5 Å². The van der Waals surface area contributed by atoms with Crippen molar-refractivity contribution in [3.63, 3.8) is 0 Å². The molecule has 0 aliphatic rings. The Hall–Kier alpha value is -2.02. The highest BCUT2D eigenvalue weighted by Gasteiger charge is 2.21. The summed E-state index contributed by atoms with van der Waals surface area (Å²) in [6.45, 7) is 4.61. The summed E-state index contributed by atoms with van der Waals surface area (Å²) < 4.78 is 0. The number of amides is 2. The van der Waals surface area contributed by atoms with Gasteiger partial charge in [0.25, 0.3) is 0 Å². The first-order valence-electron chi connectivity index (χ1n) is 8.37. The number of unbranched alkanes of at least 4 members (excludes halogenated alkanes) is 1. The van der Waals surface area contributed by atoms with Crippen LogP contribution < -0.4 is 5.32 Å². The molecule has 0 radical (unpaired) electrons. The quantitative estimate of drug-likeness (QED) is 0.792. The van der Waals surface area contributed by atoms with Crippen LogP contribution in [0.5, 0.6) is 0 Å². The Morgan fingerprint density at radius 3 is 2.75 bits per heavy atom. The third kappa shape index (κ3) is 4.99. The molecular formula is C17H25N5OS. The molecule has 2 rings (SSSR count). The lowest BCUT2D eigenvalue weighted by Gasteiger charge is -2.28. The number of rotatable bonds is 8. The highest BCUT2D eigenvalue weighted by molar-refractivity contribution is 7.11. The molecule has 2 aromatic rings. The third-order valence-corrected chi connectivity index (χ3v) is 4.96. The highest BCUT2D eigenvalue weighted by atomic mass is 32.1. The number of carbonyl (C=O) groups is 1. The Kier molecular flexibility index (Phi) is 7.11. The van der Waals surface area contributed by atoms with E-state index in [1.54, 1.807) is 11.1 Å². The van der Waals surface area contributed by atoms with Crippen LogP contribution in [0.2, 0.25) is 0 Å². The van der Waals surface area contributed by atoms with Crippen LogP contribution in [0.1, 0.15) is 54.7 Å². The predicted molar refractivity (Wildman–Crippen MR) is 95.8 cm³/mol. The molecule has 0 spiro atoms. The SMILES string of the molecule is CCCC[C@@H](c1cccnc1)N(C)C(=O)NCc1nnc(CC)s1. The van der Waals surface area contributed by atoms with E-state index < -0.39 is 0 Å². The summed E-state index contributed by atoms with van der Waals surface area (Å²) in [6, 6.07) is 3.86. The van der Waals surface area contributed by atoms with Gasteiger partial charge < -0.3 is 10.2 Å². The smallest absolute Gasteiger partial charge is 0.318 e. The predicted octanol–water partition coefficient (Wildman–Crippen LogP) is 3.57. The molecule has 24 heavy (non-hydrogen) atoms. The van der Waals surface area contributed by atoms with Crippen molar-refractivity contribution in [2.75, 3.05) is 7.05 Å². The highest BCUT2D eigenvalue weighted by Crippen LogP contribution is 2.24. The van der Waals surface area contributed by atoms with Gasteiger partial charge in [-0.2, -0.15) is 0 Å². The molecule has 0 fully saturated rings. The lowest BCUT2D eigenvalue weighted by atomic mass is 10.0. The van der Waals surface area contributed by atoms with Crippen molar-refractivity contribution >= 4 is 17.4 Å². The molecule has 0 unspecified atom stereocenters. The minimum atomic E-state index is -0.104. The molecule has 1 atom stereocenters. The van der Waals surface area contributed by atoms with Crippen LogP contribution in [0.15, 0.2) is 24.5 Å². The number of nitrogens with one attached hydrogen (secondary N) is 1. The molecule has 2 heterocycles. The molecule has 0 saturated heterocycles. The molecule has 2 aromatic heterocycles. The van der Waals surface area contributed by atoms with Crippen molar-refractivity contribution in [2.45, 2.75) is 52.1 Å². The van der Waals surface area contributed by atoms with Gasteiger partial charge in [-0.1, -0.05) is 44.1 Å². The Morgan fingerprint density at radius 1 is 1.33 bits per heavy atom. The monoisotopic (exact) mass is 347 g/mol. The van der Waals surface area contributed by atoms with E-state index in [2.05, 4.69) is 27.4 Å². The zero-order valence-corrected chi connectivity index (χ0v) is 15.3. The minimum absolute atomic E-state index is 0.0271. The number of urea groups is 1. The second kappa shape index (κ2) is 9.32. The minimum Gasteiger partial charge on any atom is -0.331 e. The summed E-state index contributed by atoms with van der Waals surface area (Å²) in [5.41, 5.74) is 1.06. The second-order valence-electron chi connectivity index (χ2n) is 5.66. The fourth-order valence-electron chi connectivity index (χ4n) is 2.47. The van der Waals surface area contributed by atoms with Crippen LogP contribution in [0.4, 0.5) is 4.79 Å². The molecule has 130 valence electrons. The number of carbonyl (C=O) groups excluding carboxylic acids is 1. The lowest BCUT2D eigenvalue weighted by Crippen LogP contribution is -2.39. The summed E-state index contributed by atoms with van der Waals surface area (Å²) in [7, 11) is 1.83. The van der Waals surface area contributed by atoms with E-state index >= 15 is 0 Å². The van der Waals surface area contributed by atoms with E-state index in [0.717, 1.165) is 41.3 Å². The molecular weight excluding hydrogens is 322 g/mol. The Labute approximate surface area is 147 Å². The molecule has 0 aromatic carbocycles. The van der Waals surface area contributed by atoms with Crippen molar-refractivity contribution in [2.24, 2.45) is 0 Å². The van der Waals surface area contributed by atoms with Crippen molar-refractivity contribution in [3.8, 4) is 0 Å². The van der Waals surface area contributed by atoms with Gasteiger partial charge in [-0.15, -0.1) is 10.2 Å². The first-order chi connectivity index (χ1) is 11.7. The van der Waals surface area contributed by atoms with Gasteiger partial charge in [0.1, 0.15) is 10.0 Å². The molecule has 2 amide bonds. The molecule has 0 aliphatic heterocycles. The maximum Gasteiger partial charge on any atom is 0.318 e. The van der Waals surface area contributed by atoms with Crippen molar-refractivity contribution in [1.82, 2.24) is 25.4 Å². The normalized spacial score (nSPS) is 12.0. The zero-order valence-electron chi connectivity index (χ0n) is 14.5. The summed E-state index contributed by atoms with van der Waals surface area (Å²) in [4.78, 5) is 18.5. The maximum atomic E-state index is 12.5. The van der Waals surface area contributed by atoms with Gasteiger partial charge in [0.15, 0.2) is 0 Å². The molecule has 7 heteroatoms. The van der Waals surface area contributed by atoms with Gasteiger partial charge in [0, 0.05) is 19.4 Å². The Balaban J connectivity index is 1.99. The zero-order chi connectivity index (χ0) is 17.4. The fraction of sp³-hybridized carbons (Fsp3) is 0.529. The average molecular weight is 347 g/mol. The number of hydrogen-bond acceptors (Lipinski definition) is 5. The Bertz CT molecular complexity index is 631. The number of pyridine rings is 1. The van der Waals surface area contributed by atoms with E-state index in [9.17, 15) is 4.79 Å². The largest absolute Gasteiger partial charge is 0.331 e. The number of nitrogens with zero attached hydrogens (tertiary/aromatic N) is 4. The van der Waals surface area contributed by atoms with Crippen molar-refractivity contribution < 1.29 is 4.79 Å². The van der Waals surface area contributed by atoms with Gasteiger partial charge in [-0.25, -0.2) is 4.79 Å². The van der Waals surface area contributed by atoms with Crippen LogP contribution in [0.25, 0.3) is 0 Å². The molecule has 0 aliphatic carbocycles. The first kappa shape index (κ1) is 18.3. The van der Waals surface area contributed by atoms with Gasteiger partial charge in [0.05, 0.1) is 12.6 Å². The van der Waals surface area contributed by atoms with Crippen LogP contribution >= 0.6 is 11.3 Å². The van der Waals surface area contributed by atoms with Crippen LogP contribution in [-0.4, -0.2) is 33.2 Å². The van der Waals surface area contributed by atoms with E-state index in [-0.39, 0.29) is 12.1 Å². The van der Waals surface area contributed by atoms with E-state index in [1.165, 1.54) is 11.3 Å². The molecule has 0 bridgehead atoms. The van der Waals surface area contributed by atoms with E-state index in [4.69, 9.17) is 0 Å². The van der Waals surface area contributed by atoms with Crippen LogP contribution in [-0.2, 0) is 13.0 Å². The van der Waals surface area contributed by atoms with Gasteiger partial charge in [-0.3, -0.25) is 4.98 Å². The number of aryl methyl sites for hydroxylation is 1. The lowest BCUT2D eigenvalue weighted by molar-refractivity contribution is 0.185. The standard InChI is InChI=1S/C17H25N5OS/c1-4-6-9-14(13-8-7-10-18-11-13)22(3)17(23)19-12-16-21-20-15(5-2)24-16/h7-8,10-11,14H,4-6,9,12H2,1-3H3,(H,19,23)/t14-/m0/s1. The Morgan fingerprint density at radius 2 is 2.12 bits per heavy atom. The van der Waals surface area contributed by atoms with Crippen LogP contribution in [0.3, 0.4) is 0 Å². The topological polar surface area (TPSA) is 71.0 Å². The second-order valence-corrected chi connectivity index (χ2v) is 6.80. The summed E-state index contributed by atoms with van der Waals surface area (Å²) in [5.74, 6) is 0. The van der Waals surface area contributed by atoms with Gasteiger partial charge in [0.2, 0.25) is 0 Å². The number of hydrogen-bond donors (Lipinski definition) is 1. The van der Waals surface area contributed by atoms with Gasteiger partial charge >= 0.3 is 6.03 Å². The van der Waals surface area contributed by atoms with Crippen molar-refractivity contribution in [3.05, 3.63) is 40.1 Å². The van der Waals surface area contributed by atoms with Crippen molar-refractivity contribution in [1.29, 1.82) is 0 Å².